The number of carboxylic acid groups (broad SMARTS) is 1. The Hall–Kier alpha value is -0.610. The molecule has 4 heteroatoms. The highest BCUT2D eigenvalue weighted by molar-refractivity contribution is 5.76. The number of hydrogen-bond donors (Lipinski definition) is 2. The number of nitrogens with zero attached hydrogens (tertiary/aromatic N) is 1. The van der Waals surface area contributed by atoms with E-state index in [0.29, 0.717) is 19.4 Å². The van der Waals surface area contributed by atoms with Crippen molar-refractivity contribution in [2.75, 3.05) is 19.6 Å². The molecule has 2 saturated heterocycles. The molecule has 2 heterocycles. The van der Waals surface area contributed by atoms with Gasteiger partial charge in [0.2, 0.25) is 0 Å². The maximum Gasteiger partial charge on any atom is 0.313 e. The smallest absolute Gasteiger partial charge is 0.313 e. The van der Waals surface area contributed by atoms with Gasteiger partial charge in [0.1, 0.15) is 5.41 Å². The van der Waals surface area contributed by atoms with Gasteiger partial charge in [0.05, 0.1) is 6.10 Å². The summed E-state index contributed by atoms with van der Waals surface area (Å²) >= 11 is 0. The highest BCUT2D eigenvalue weighted by atomic mass is 16.4. The Morgan fingerprint density at radius 2 is 2.25 bits per heavy atom. The van der Waals surface area contributed by atoms with Crippen molar-refractivity contribution < 1.29 is 15.0 Å². The van der Waals surface area contributed by atoms with Gasteiger partial charge in [-0.3, -0.25) is 4.79 Å². The lowest BCUT2D eigenvalue weighted by Crippen LogP contribution is -2.49. The molecule has 2 aliphatic rings. The van der Waals surface area contributed by atoms with E-state index in [-0.39, 0.29) is 0 Å². The second-order valence-electron chi connectivity index (χ2n) is 3.79. The van der Waals surface area contributed by atoms with Crippen molar-refractivity contribution in [3.05, 3.63) is 0 Å². The number of piperidine rings is 1. The Balaban J connectivity index is 2.27. The molecule has 2 N–H and O–H groups in total. The Morgan fingerprint density at radius 3 is 2.83 bits per heavy atom. The van der Waals surface area contributed by atoms with Crippen LogP contribution in [0.2, 0.25) is 0 Å². The molecule has 0 aromatic rings. The Bertz CT molecular complexity index is 218. The molecule has 2 fully saturated rings. The molecule has 0 aromatic heterocycles. The number of aliphatic hydroxyl groups is 1. The molecule has 2 bridgehead atoms. The minimum Gasteiger partial charge on any atom is -0.481 e. The highest BCUT2D eigenvalue weighted by Crippen LogP contribution is 2.39. The normalized spacial score (nSPS) is 46.1. The van der Waals surface area contributed by atoms with Gasteiger partial charge in [-0.1, -0.05) is 0 Å². The predicted molar refractivity (Wildman–Crippen MR) is 41.7 cm³/mol. The lowest BCUT2D eigenvalue weighted by atomic mass is 9.78. The Labute approximate surface area is 70.8 Å². The summed E-state index contributed by atoms with van der Waals surface area (Å²) in [6.45, 7) is 2.20. The summed E-state index contributed by atoms with van der Waals surface area (Å²) in [5, 5.41) is 18.6. The van der Waals surface area contributed by atoms with Gasteiger partial charge in [0, 0.05) is 13.1 Å². The topological polar surface area (TPSA) is 60.8 Å². The zero-order valence-electron chi connectivity index (χ0n) is 6.86. The molecule has 4 nitrogen and oxygen atoms in total. The third kappa shape index (κ3) is 0.881. The SMILES string of the molecule is O=C(O)C12CCN(CCC1O)C2. The monoisotopic (exact) mass is 171 g/mol. The Kier molecular flexibility index (Phi) is 1.63. The van der Waals surface area contributed by atoms with E-state index in [1.165, 1.54) is 0 Å². The first-order valence-electron chi connectivity index (χ1n) is 4.29. The first kappa shape index (κ1) is 8.01. The van der Waals surface area contributed by atoms with Crippen LogP contribution in [0.1, 0.15) is 12.8 Å². The summed E-state index contributed by atoms with van der Waals surface area (Å²) in [5.41, 5.74) is -0.849. The first-order valence-corrected chi connectivity index (χ1v) is 4.29. The number of hydrogen-bond acceptors (Lipinski definition) is 3. The van der Waals surface area contributed by atoms with Crippen molar-refractivity contribution in [3.63, 3.8) is 0 Å². The van der Waals surface area contributed by atoms with Crippen LogP contribution in [0.25, 0.3) is 0 Å². The van der Waals surface area contributed by atoms with E-state index in [9.17, 15) is 9.90 Å². The molecule has 0 radical (unpaired) electrons. The van der Waals surface area contributed by atoms with Crippen LogP contribution in [0.5, 0.6) is 0 Å². The van der Waals surface area contributed by atoms with Crippen LogP contribution >= 0.6 is 0 Å². The zero-order valence-corrected chi connectivity index (χ0v) is 6.86. The maximum absolute atomic E-state index is 11.0. The van der Waals surface area contributed by atoms with Crippen LogP contribution < -0.4 is 0 Å². The van der Waals surface area contributed by atoms with Crippen molar-refractivity contribution in [1.82, 2.24) is 4.90 Å². The highest BCUT2D eigenvalue weighted by Gasteiger charge is 2.52. The van der Waals surface area contributed by atoms with Crippen molar-refractivity contribution in [2.24, 2.45) is 5.41 Å². The van der Waals surface area contributed by atoms with Crippen LogP contribution in [-0.2, 0) is 4.79 Å². The number of rotatable bonds is 1. The van der Waals surface area contributed by atoms with Crippen LogP contribution in [-0.4, -0.2) is 46.8 Å². The minimum atomic E-state index is -0.849. The maximum atomic E-state index is 11.0. The minimum absolute atomic E-state index is 0.531. The van der Waals surface area contributed by atoms with E-state index >= 15 is 0 Å². The predicted octanol–water partition coefficient (Wildman–Crippen LogP) is -0.472. The van der Waals surface area contributed by atoms with Gasteiger partial charge in [-0.25, -0.2) is 0 Å². The molecular weight excluding hydrogens is 158 g/mol. The fraction of sp³-hybridized carbons (Fsp3) is 0.875. The molecule has 2 rings (SSSR count). The van der Waals surface area contributed by atoms with Crippen molar-refractivity contribution in [1.29, 1.82) is 0 Å². The van der Waals surface area contributed by atoms with E-state index in [2.05, 4.69) is 4.90 Å². The summed E-state index contributed by atoms with van der Waals surface area (Å²) in [6, 6.07) is 0. The molecule has 12 heavy (non-hydrogen) atoms. The average molecular weight is 171 g/mol. The fourth-order valence-electron chi connectivity index (χ4n) is 2.28. The van der Waals surface area contributed by atoms with E-state index in [4.69, 9.17) is 5.11 Å². The summed E-state index contributed by atoms with van der Waals surface area (Å²) < 4.78 is 0. The van der Waals surface area contributed by atoms with Crippen molar-refractivity contribution in [3.8, 4) is 0 Å². The van der Waals surface area contributed by atoms with Crippen LogP contribution in [0, 0.1) is 5.41 Å². The molecule has 3 unspecified atom stereocenters. The summed E-state index contributed by atoms with van der Waals surface area (Å²) in [5.74, 6) is -0.836. The van der Waals surface area contributed by atoms with E-state index in [0.717, 1.165) is 13.1 Å². The van der Waals surface area contributed by atoms with Crippen LogP contribution in [0.3, 0.4) is 0 Å². The lowest BCUT2D eigenvalue weighted by Gasteiger charge is -2.34. The van der Waals surface area contributed by atoms with Crippen molar-refractivity contribution in [2.45, 2.75) is 18.9 Å². The molecule has 2 aliphatic heterocycles. The van der Waals surface area contributed by atoms with Gasteiger partial charge in [-0.05, 0) is 19.4 Å². The first-order chi connectivity index (χ1) is 5.65. The van der Waals surface area contributed by atoms with E-state index in [1.807, 2.05) is 0 Å². The van der Waals surface area contributed by atoms with Crippen LogP contribution in [0.15, 0.2) is 0 Å². The van der Waals surface area contributed by atoms with Gasteiger partial charge >= 0.3 is 5.97 Å². The van der Waals surface area contributed by atoms with E-state index in [1.54, 1.807) is 0 Å². The number of carboxylic acids is 1. The second kappa shape index (κ2) is 2.44. The van der Waals surface area contributed by atoms with E-state index < -0.39 is 17.5 Å². The van der Waals surface area contributed by atoms with Gasteiger partial charge in [-0.2, -0.15) is 0 Å². The largest absolute Gasteiger partial charge is 0.481 e. The van der Waals surface area contributed by atoms with Gasteiger partial charge in [0.15, 0.2) is 0 Å². The van der Waals surface area contributed by atoms with Gasteiger partial charge in [-0.15, -0.1) is 0 Å². The summed E-state index contributed by atoms with van der Waals surface area (Å²) in [7, 11) is 0. The standard InChI is InChI=1S/C8H13NO3/c10-6-1-3-9-4-2-8(6,5-9)7(11)12/h6,10H,1-5H2,(H,11,12). The molecule has 0 aromatic carbocycles. The molecule has 68 valence electrons. The van der Waals surface area contributed by atoms with Crippen LogP contribution in [0.4, 0.5) is 0 Å². The molecule has 3 atom stereocenters. The Morgan fingerprint density at radius 1 is 1.50 bits per heavy atom. The summed E-state index contributed by atoms with van der Waals surface area (Å²) in [6.07, 6.45) is 0.559. The molecule has 0 amide bonds. The lowest BCUT2D eigenvalue weighted by molar-refractivity contribution is -0.157. The number of aliphatic hydroxyl groups excluding tert-OH is 1. The third-order valence-electron chi connectivity index (χ3n) is 3.16. The number of fused-ring (bicyclic) bond motifs is 2. The average Bonchev–Trinajstić information content (AvgIpc) is 2.39. The van der Waals surface area contributed by atoms with Gasteiger partial charge in [0.25, 0.3) is 0 Å². The quantitative estimate of drug-likeness (QED) is 0.560. The number of aliphatic carboxylic acids is 1. The second-order valence-corrected chi connectivity index (χ2v) is 3.79. The zero-order chi connectivity index (χ0) is 8.77. The molecule has 0 spiro atoms. The summed E-state index contributed by atoms with van der Waals surface area (Å²) in [4.78, 5) is 13.1. The fourth-order valence-corrected chi connectivity index (χ4v) is 2.28. The molecular formula is C8H13NO3. The number of carbonyl (C=O) groups is 1. The third-order valence-corrected chi connectivity index (χ3v) is 3.16. The molecule has 0 saturated carbocycles. The van der Waals surface area contributed by atoms with Gasteiger partial charge < -0.3 is 15.1 Å². The van der Waals surface area contributed by atoms with Crippen molar-refractivity contribution >= 4 is 5.97 Å². The molecule has 0 aliphatic carbocycles.